The molecule has 1 aliphatic rings. The first kappa shape index (κ1) is 18.4. The molecule has 6 heteroatoms. The van der Waals surface area contributed by atoms with E-state index in [9.17, 15) is 14.4 Å². The molecular formula is C19H22N2O4. The Hall–Kier alpha value is -2.89. The van der Waals surface area contributed by atoms with Gasteiger partial charge in [0.05, 0.1) is 18.5 Å². The third-order valence-corrected chi connectivity index (χ3v) is 4.30. The predicted molar refractivity (Wildman–Crippen MR) is 96.5 cm³/mol. The maximum absolute atomic E-state index is 12.6. The van der Waals surface area contributed by atoms with Crippen LogP contribution in [0.1, 0.15) is 31.9 Å². The van der Waals surface area contributed by atoms with Gasteiger partial charge >= 0.3 is 0 Å². The van der Waals surface area contributed by atoms with Crippen LogP contribution in [-0.4, -0.2) is 24.6 Å². The topological polar surface area (TPSA) is 89.7 Å². The Balaban J connectivity index is 2.80. The summed E-state index contributed by atoms with van der Waals surface area (Å²) < 4.78 is 5.34. The number of Topliss-reactive ketones (excluding diaryl/α,β-unsaturated/α-hetero) is 1. The summed E-state index contributed by atoms with van der Waals surface area (Å²) in [7, 11) is 1.49. The highest BCUT2D eigenvalue weighted by molar-refractivity contribution is 6.26. The number of benzene rings is 1. The molecule has 2 N–H and O–H groups in total. The van der Waals surface area contributed by atoms with Gasteiger partial charge in [-0.05, 0) is 45.4 Å². The van der Waals surface area contributed by atoms with Crippen LogP contribution in [0.25, 0.3) is 0 Å². The van der Waals surface area contributed by atoms with E-state index in [1.165, 1.54) is 25.0 Å². The molecule has 1 aliphatic carbocycles. The summed E-state index contributed by atoms with van der Waals surface area (Å²) in [4.78, 5) is 38.6. The first-order valence-corrected chi connectivity index (χ1v) is 7.84. The molecular weight excluding hydrogens is 320 g/mol. The number of allylic oxidation sites excluding steroid dienone is 3. The second-order valence-electron chi connectivity index (χ2n) is 6.14. The maximum Gasteiger partial charge on any atom is 0.228 e. The maximum atomic E-state index is 12.6. The molecule has 0 bridgehead atoms. The lowest BCUT2D eigenvalue weighted by molar-refractivity contribution is -0.118. The first-order chi connectivity index (χ1) is 11.6. The number of ether oxygens (including phenoxy) is 1. The fraction of sp³-hybridized carbons (Fsp3) is 0.316. The Morgan fingerprint density at radius 3 is 2.28 bits per heavy atom. The monoisotopic (exact) mass is 342 g/mol. The van der Waals surface area contributed by atoms with Crippen molar-refractivity contribution in [3.05, 3.63) is 40.1 Å². The smallest absolute Gasteiger partial charge is 0.228 e. The number of carbonyl (C=O) groups excluding carboxylic acids is 3. The number of anilines is 2. The number of nitrogens with zero attached hydrogens (tertiary/aromatic N) is 1. The van der Waals surface area contributed by atoms with Crippen molar-refractivity contribution in [3.8, 4) is 5.75 Å². The first-order valence-electron chi connectivity index (χ1n) is 7.84. The fourth-order valence-electron chi connectivity index (χ4n) is 3.23. The molecule has 1 aromatic rings. The number of nitrogen functional groups attached to an aromatic ring is 1. The van der Waals surface area contributed by atoms with Gasteiger partial charge in [-0.3, -0.25) is 19.3 Å². The zero-order valence-electron chi connectivity index (χ0n) is 15.3. The molecule has 0 unspecified atom stereocenters. The van der Waals surface area contributed by atoms with Crippen molar-refractivity contribution in [1.29, 1.82) is 0 Å². The van der Waals surface area contributed by atoms with E-state index < -0.39 is 0 Å². The van der Waals surface area contributed by atoms with Crippen molar-refractivity contribution < 1.29 is 19.1 Å². The number of carbonyl (C=O) groups is 3. The van der Waals surface area contributed by atoms with Crippen molar-refractivity contribution >= 4 is 28.8 Å². The fourth-order valence-corrected chi connectivity index (χ4v) is 3.23. The van der Waals surface area contributed by atoms with Crippen LogP contribution in [0, 0.1) is 13.8 Å². The van der Waals surface area contributed by atoms with Gasteiger partial charge in [-0.2, -0.15) is 0 Å². The van der Waals surface area contributed by atoms with Crippen molar-refractivity contribution in [2.24, 2.45) is 0 Å². The summed E-state index contributed by atoms with van der Waals surface area (Å²) >= 11 is 0. The highest BCUT2D eigenvalue weighted by Crippen LogP contribution is 2.39. The van der Waals surface area contributed by atoms with Gasteiger partial charge in [0.1, 0.15) is 11.4 Å². The van der Waals surface area contributed by atoms with Gasteiger partial charge in [-0.25, -0.2) is 0 Å². The summed E-state index contributed by atoms with van der Waals surface area (Å²) in [6.45, 7) is 8.05. The van der Waals surface area contributed by atoms with Crippen LogP contribution in [-0.2, 0) is 14.4 Å². The minimum absolute atomic E-state index is 0.0705. The predicted octanol–water partition coefficient (Wildman–Crippen LogP) is 2.62. The number of hydrogen-bond acceptors (Lipinski definition) is 5. The second kappa shape index (κ2) is 6.55. The Kier molecular flexibility index (Phi) is 4.83. The van der Waals surface area contributed by atoms with E-state index in [2.05, 4.69) is 0 Å². The molecule has 2 rings (SSSR count). The zero-order chi connectivity index (χ0) is 19.0. The number of ketones is 2. The Bertz CT molecular complexity index is 863. The van der Waals surface area contributed by atoms with E-state index in [0.717, 1.165) is 0 Å². The van der Waals surface area contributed by atoms with Crippen molar-refractivity contribution in [2.75, 3.05) is 17.7 Å². The normalized spacial score (nSPS) is 14.6. The lowest BCUT2D eigenvalue weighted by Crippen LogP contribution is -2.36. The van der Waals surface area contributed by atoms with E-state index in [4.69, 9.17) is 10.5 Å². The average Bonchev–Trinajstić information content (AvgIpc) is 2.51. The van der Waals surface area contributed by atoms with E-state index in [1.54, 1.807) is 33.8 Å². The summed E-state index contributed by atoms with van der Waals surface area (Å²) in [5.74, 6) is -0.564. The van der Waals surface area contributed by atoms with E-state index in [1.807, 2.05) is 0 Å². The minimum atomic E-state index is -0.376. The number of hydrogen-bond donors (Lipinski definition) is 1. The Morgan fingerprint density at radius 2 is 1.76 bits per heavy atom. The molecule has 132 valence electrons. The molecule has 0 radical (unpaired) electrons. The van der Waals surface area contributed by atoms with Crippen LogP contribution in [0.3, 0.4) is 0 Å². The van der Waals surface area contributed by atoms with Crippen LogP contribution in [0.2, 0.25) is 0 Å². The summed E-state index contributed by atoms with van der Waals surface area (Å²) in [5.41, 5.74) is 8.93. The van der Waals surface area contributed by atoms with E-state index >= 15 is 0 Å². The third-order valence-electron chi connectivity index (χ3n) is 4.30. The van der Waals surface area contributed by atoms with Gasteiger partial charge in [-0.1, -0.05) is 0 Å². The van der Waals surface area contributed by atoms with E-state index in [0.29, 0.717) is 33.8 Å². The number of aryl methyl sites for hydroxylation is 1. The molecule has 0 aromatic heterocycles. The summed E-state index contributed by atoms with van der Waals surface area (Å²) in [5, 5.41) is 0. The van der Waals surface area contributed by atoms with Crippen LogP contribution >= 0.6 is 0 Å². The van der Waals surface area contributed by atoms with Crippen molar-refractivity contribution in [2.45, 2.75) is 34.6 Å². The number of nitrogens with two attached hydrogens (primary N) is 1. The van der Waals surface area contributed by atoms with Gasteiger partial charge in [0.15, 0.2) is 5.78 Å². The third kappa shape index (κ3) is 2.95. The molecule has 0 saturated heterocycles. The molecule has 1 aromatic carbocycles. The van der Waals surface area contributed by atoms with E-state index in [-0.39, 0.29) is 28.7 Å². The highest BCUT2D eigenvalue weighted by Gasteiger charge is 2.32. The number of amides is 1. The number of methoxy groups -OCH3 is 1. The van der Waals surface area contributed by atoms with Crippen LogP contribution in [0.15, 0.2) is 29.0 Å². The molecule has 0 fully saturated rings. The van der Waals surface area contributed by atoms with Crippen LogP contribution in [0.5, 0.6) is 5.75 Å². The van der Waals surface area contributed by atoms with Crippen LogP contribution < -0.4 is 15.4 Å². The van der Waals surface area contributed by atoms with Crippen LogP contribution in [0.4, 0.5) is 11.4 Å². The van der Waals surface area contributed by atoms with Gasteiger partial charge in [0, 0.05) is 23.6 Å². The summed E-state index contributed by atoms with van der Waals surface area (Å²) in [6, 6.07) is 1.68. The molecule has 25 heavy (non-hydrogen) atoms. The molecule has 0 aliphatic heterocycles. The quantitative estimate of drug-likeness (QED) is 0.674. The molecule has 0 spiro atoms. The molecule has 0 saturated carbocycles. The van der Waals surface area contributed by atoms with Gasteiger partial charge in [-0.15, -0.1) is 0 Å². The van der Waals surface area contributed by atoms with Gasteiger partial charge in [0.25, 0.3) is 0 Å². The Morgan fingerprint density at radius 1 is 1.16 bits per heavy atom. The second-order valence-corrected chi connectivity index (χ2v) is 6.14. The van der Waals surface area contributed by atoms with Gasteiger partial charge < -0.3 is 10.5 Å². The molecule has 1 amide bonds. The average molecular weight is 342 g/mol. The number of rotatable bonds is 3. The zero-order valence-corrected chi connectivity index (χ0v) is 15.3. The lowest BCUT2D eigenvalue weighted by Gasteiger charge is -2.30. The largest absolute Gasteiger partial charge is 0.494 e. The minimum Gasteiger partial charge on any atom is -0.494 e. The molecule has 0 atom stereocenters. The van der Waals surface area contributed by atoms with Gasteiger partial charge in [0.2, 0.25) is 11.7 Å². The Labute approximate surface area is 146 Å². The SMILES string of the molecule is COc1c(N)cc(C)c(N(C(C)=O)C2=C(C)C(=O)C(C)=CC2=O)c1C. The molecule has 6 nitrogen and oxygen atoms in total. The molecule has 0 heterocycles. The highest BCUT2D eigenvalue weighted by atomic mass is 16.5. The lowest BCUT2D eigenvalue weighted by atomic mass is 9.93. The van der Waals surface area contributed by atoms with Crippen molar-refractivity contribution in [1.82, 2.24) is 0 Å². The standard InChI is InChI=1S/C19H22N2O4/c1-9-7-14(20)19(25-6)12(4)16(9)21(13(5)22)17-11(3)18(24)10(2)8-15(17)23/h7-8H,20H2,1-6H3. The van der Waals surface area contributed by atoms with Crippen molar-refractivity contribution in [3.63, 3.8) is 0 Å². The summed E-state index contributed by atoms with van der Waals surface area (Å²) in [6.07, 6.45) is 1.26.